The number of aliphatic hydroxyl groups excluding tert-OH is 1. The average Bonchev–Trinajstić information content (AvgIpc) is 2.35. The first-order valence-corrected chi connectivity index (χ1v) is 5.34. The van der Waals surface area contributed by atoms with Crippen LogP contribution in [0.5, 0.6) is 11.5 Å². The molecule has 0 spiro atoms. The van der Waals surface area contributed by atoms with Crippen LogP contribution in [0.4, 0.5) is 5.69 Å². The van der Waals surface area contributed by atoms with Crippen molar-refractivity contribution in [1.29, 1.82) is 0 Å². The van der Waals surface area contributed by atoms with Gasteiger partial charge in [-0.15, -0.1) is 0 Å². The Kier molecular flexibility index (Phi) is 4.92. The van der Waals surface area contributed by atoms with Crippen molar-refractivity contribution in [3.05, 3.63) is 18.2 Å². The third kappa shape index (κ3) is 2.79. The third-order valence-electron chi connectivity index (χ3n) is 2.48. The van der Waals surface area contributed by atoms with E-state index in [2.05, 4.69) is 4.90 Å². The lowest BCUT2D eigenvalue weighted by molar-refractivity contribution is 0.302. The molecule has 0 saturated heterocycles. The SMILES string of the molecule is CCN(CCO)c1ccc(OC)c(OC)c1. The molecule has 4 heteroatoms. The fraction of sp³-hybridized carbons (Fsp3) is 0.500. The van der Waals surface area contributed by atoms with Gasteiger partial charge in [-0.1, -0.05) is 0 Å². The van der Waals surface area contributed by atoms with E-state index < -0.39 is 0 Å². The minimum absolute atomic E-state index is 0.141. The molecule has 0 heterocycles. The summed E-state index contributed by atoms with van der Waals surface area (Å²) < 4.78 is 10.4. The molecule has 1 rings (SSSR count). The smallest absolute Gasteiger partial charge is 0.162 e. The highest BCUT2D eigenvalue weighted by molar-refractivity contribution is 5.56. The topological polar surface area (TPSA) is 41.9 Å². The molecule has 0 aromatic heterocycles. The molecule has 16 heavy (non-hydrogen) atoms. The van der Waals surface area contributed by atoms with Gasteiger partial charge in [-0.25, -0.2) is 0 Å². The highest BCUT2D eigenvalue weighted by Crippen LogP contribution is 2.31. The number of ether oxygens (including phenoxy) is 2. The maximum Gasteiger partial charge on any atom is 0.162 e. The first-order chi connectivity index (χ1) is 7.76. The predicted octanol–water partition coefficient (Wildman–Crippen LogP) is 1.52. The van der Waals surface area contributed by atoms with E-state index in [0.29, 0.717) is 18.0 Å². The number of hydrogen-bond acceptors (Lipinski definition) is 4. The first-order valence-electron chi connectivity index (χ1n) is 5.34. The lowest BCUT2D eigenvalue weighted by atomic mass is 10.2. The quantitative estimate of drug-likeness (QED) is 0.797. The molecule has 1 N–H and O–H groups in total. The molecule has 0 unspecified atom stereocenters. The van der Waals surface area contributed by atoms with Crippen molar-refractivity contribution in [2.75, 3.05) is 38.8 Å². The van der Waals surface area contributed by atoms with Gasteiger partial charge < -0.3 is 19.5 Å². The van der Waals surface area contributed by atoms with Crippen molar-refractivity contribution >= 4 is 5.69 Å². The number of rotatable bonds is 6. The molecular weight excluding hydrogens is 206 g/mol. The van der Waals surface area contributed by atoms with Crippen molar-refractivity contribution < 1.29 is 14.6 Å². The van der Waals surface area contributed by atoms with E-state index in [9.17, 15) is 0 Å². The van der Waals surface area contributed by atoms with Crippen molar-refractivity contribution in [2.24, 2.45) is 0 Å². The minimum atomic E-state index is 0.141. The van der Waals surface area contributed by atoms with Gasteiger partial charge in [-0.2, -0.15) is 0 Å². The molecule has 0 bridgehead atoms. The summed E-state index contributed by atoms with van der Waals surface area (Å²) in [4.78, 5) is 2.07. The molecule has 1 aromatic carbocycles. The largest absolute Gasteiger partial charge is 0.493 e. The Morgan fingerprint density at radius 2 is 1.88 bits per heavy atom. The third-order valence-corrected chi connectivity index (χ3v) is 2.48. The number of methoxy groups -OCH3 is 2. The number of anilines is 1. The summed E-state index contributed by atoms with van der Waals surface area (Å²) >= 11 is 0. The number of aliphatic hydroxyl groups is 1. The Balaban J connectivity index is 2.96. The first kappa shape index (κ1) is 12.6. The van der Waals surface area contributed by atoms with Crippen LogP contribution in [0, 0.1) is 0 Å². The zero-order chi connectivity index (χ0) is 12.0. The van der Waals surface area contributed by atoms with Gasteiger partial charge in [0.1, 0.15) is 0 Å². The van der Waals surface area contributed by atoms with Gasteiger partial charge >= 0.3 is 0 Å². The summed E-state index contributed by atoms with van der Waals surface area (Å²) in [6.45, 7) is 3.65. The van der Waals surface area contributed by atoms with Gasteiger partial charge in [0.25, 0.3) is 0 Å². The standard InChI is InChI=1S/C12H19NO3/c1-4-13(7-8-14)10-5-6-11(15-2)12(9-10)16-3/h5-6,9,14H,4,7-8H2,1-3H3. The lowest BCUT2D eigenvalue weighted by Crippen LogP contribution is -2.26. The van der Waals surface area contributed by atoms with E-state index in [1.165, 1.54) is 0 Å². The van der Waals surface area contributed by atoms with E-state index in [1.807, 2.05) is 25.1 Å². The maximum atomic E-state index is 8.96. The Morgan fingerprint density at radius 1 is 1.19 bits per heavy atom. The van der Waals surface area contributed by atoms with E-state index in [-0.39, 0.29) is 6.61 Å². The van der Waals surface area contributed by atoms with Crippen LogP contribution in [-0.4, -0.2) is 39.0 Å². The fourth-order valence-electron chi connectivity index (χ4n) is 1.61. The van der Waals surface area contributed by atoms with Crippen molar-refractivity contribution in [3.63, 3.8) is 0 Å². The van der Waals surface area contributed by atoms with E-state index in [1.54, 1.807) is 14.2 Å². The molecule has 1 aromatic rings. The molecule has 0 aliphatic heterocycles. The van der Waals surface area contributed by atoms with Crippen LogP contribution in [-0.2, 0) is 0 Å². The molecule has 0 aliphatic rings. The van der Waals surface area contributed by atoms with Gasteiger partial charge in [0.15, 0.2) is 11.5 Å². The van der Waals surface area contributed by atoms with Gasteiger partial charge in [-0.3, -0.25) is 0 Å². The summed E-state index contributed by atoms with van der Waals surface area (Å²) in [6.07, 6.45) is 0. The second-order valence-corrected chi connectivity index (χ2v) is 3.34. The second kappa shape index (κ2) is 6.23. The average molecular weight is 225 g/mol. The van der Waals surface area contributed by atoms with Crippen LogP contribution in [0.2, 0.25) is 0 Å². The highest BCUT2D eigenvalue weighted by Gasteiger charge is 2.08. The lowest BCUT2D eigenvalue weighted by Gasteiger charge is -2.23. The van der Waals surface area contributed by atoms with E-state index in [4.69, 9.17) is 14.6 Å². The normalized spacial score (nSPS) is 10.0. The maximum absolute atomic E-state index is 8.96. The van der Waals surface area contributed by atoms with E-state index >= 15 is 0 Å². The van der Waals surface area contributed by atoms with Crippen LogP contribution >= 0.6 is 0 Å². The monoisotopic (exact) mass is 225 g/mol. The van der Waals surface area contributed by atoms with Crippen molar-refractivity contribution in [1.82, 2.24) is 0 Å². The molecule has 4 nitrogen and oxygen atoms in total. The Labute approximate surface area is 96.4 Å². The van der Waals surface area contributed by atoms with Crippen LogP contribution in [0.3, 0.4) is 0 Å². The molecule has 90 valence electrons. The minimum Gasteiger partial charge on any atom is -0.493 e. The Bertz CT molecular complexity index is 328. The number of hydrogen-bond donors (Lipinski definition) is 1. The Hall–Kier alpha value is -1.42. The van der Waals surface area contributed by atoms with Gasteiger partial charge in [0.05, 0.1) is 20.8 Å². The summed E-state index contributed by atoms with van der Waals surface area (Å²) in [5.74, 6) is 1.42. The molecular formula is C12H19NO3. The van der Waals surface area contributed by atoms with Crippen molar-refractivity contribution in [2.45, 2.75) is 6.92 Å². The fourth-order valence-corrected chi connectivity index (χ4v) is 1.61. The second-order valence-electron chi connectivity index (χ2n) is 3.34. The van der Waals surface area contributed by atoms with Crippen LogP contribution in [0.25, 0.3) is 0 Å². The van der Waals surface area contributed by atoms with Crippen LogP contribution in [0.1, 0.15) is 6.92 Å². The molecule has 0 radical (unpaired) electrons. The molecule has 0 aliphatic carbocycles. The molecule has 0 saturated carbocycles. The molecule has 0 fully saturated rings. The highest BCUT2D eigenvalue weighted by atomic mass is 16.5. The van der Waals surface area contributed by atoms with E-state index in [0.717, 1.165) is 12.2 Å². The predicted molar refractivity (Wildman–Crippen MR) is 64.5 cm³/mol. The number of nitrogens with zero attached hydrogens (tertiary/aromatic N) is 1. The molecule has 0 atom stereocenters. The summed E-state index contributed by atoms with van der Waals surface area (Å²) in [5, 5.41) is 8.96. The van der Waals surface area contributed by atoms with Crippen molar-refractivity contribution in [3.8, 4) is 11.5 Å². The van der Waals surface area contributed by atoms with Gasteiger partial charge in [0, 0.05) is 24.8 Å². The summed E-state index contributed by atoms with van der Waals surface area (Å²) in [5.41, 5.74) is 1.02. The Morgan fingerprint density at radius 3 is 2.38 bits per heavy atom. The summed E-state index contributed by atoms with van der Waals surface area (Å²) in [6, 6.07) is 5.74. The molecule has 0 amide bonds. The zero-order valence-electron chi connectivity index (χ0n) is 10.1. The van der Waals surface area contributed by atoms with Crippen LogP contribution in [0.15, 0.2) is 18.2 Å². The number of benzene rings is 1. The zero-order valence-corrected chi connectivity index (χ0v) is 10.1. The van der Waals surface area contributed by atoms with Gasteiger partial charge in [-0.05, 0) is 19.1 Å². The summed E-state index contributed by atoms with van der Waals surface area (Å²) in [7, 11) is 3.23. The van der Waals surface area contributed by atoms with Gasteiger partial charge in [0.2, 0.25) is 0 Å². The van der Waals surface area contributed by atoms with Crippen LogP contribution < -0.4 is 14.4 Å². The number of likely N-dealkylation sites (N-methyl/N-ethyl adjacent to an activating group) is 1.